The zero-order valence-corrected chi connectivity index (χ0v) is 11.5. The Morgan fingerprint density at radius 2 is 1.62 bits per heavy atom. The Labute approximate surface area is 123 Å². The first-order valence-electron chi connectivity index (χ1n) is 7.00. The minimum Gasteiger partial charge on any atom is -0.317 e. The lowest BCUT2D eigenvalue weighted by Gasteiger charge is -2.07. The van der Waals surface area contributed by atoms with Gasteiger partial charge in [0, 0.05) is 23.6 Å². The molecule has 100 valence electrons. The van der Waals surface area contributed by atoms with Crippen LogP contribution in [0, 0.1) is 0 Å². The number of aromatic nitrogens is 2. The molecular weight excluding hydrogens is 256 g/mol. The molecule has 0 N–H and O–H groups in total. The molecule has 0 bridgehead atoms. The van der Waals surface area contributed by atoms with Gasteiger partial charge in [-0.3, -0.25) is 4.98 Å². The summed E-state index contributed by atoms with van der Waals surface area (Å²) in [7, 11) is 0. The maximum Gasteiger partial charge on any atom is 0.0702 e. The van der Waals surface area contributed by atoms with Crippen LogP contribution in [0.1, 0.15) is 0 Å². The van der Waals surface area contributed by atoms with Crippen molar-refractivity contribution in [2.45, 2.75) is 0 Å². The molecule has 21 heavy (non-hydrogen) atoms. The van der Waals surface area contributed by atoms with Crippen LogP contribution in [-0.4, -0.2) is 9.55 Å². The molecule has 0 spiro atoms. The van der Waals surface area contributed by atoms with Crippen LogP contribution in [0.3, 0.4) is 0 Å². The van der Waals surface area contributed by atoms with Gasteiger partial charge in [0.2, 0.25) is 0 Å². The third-order valence-corrected chi connectivity index (χ3v) is 3.69. The molecule has 0 aliphatic carbocycles. The topological polar surface area (TPSA) is 17.8 Å². The van der Waals surface area contributed by atoms with Crippen molar-refractivity contribution in [2.24, 2.45) is 0 Å². The van der Waals surface area contributed by atoms with Crippen LogP contribution in [0.2, 0.25) is 0 Å². The van der Waals surface area contributed by atoms with Gasteiger partial charge >= 0.3 is 0 Å². The maximum absolute atomic E-state index is 4.43. The van der Waals surface area contributed by atoms with Crippen molar-refractivity contribution in [3.8, 4) is 16.9 Å². The van der Waals surface area contributed by atoms with E-state index >= 15 is 0 Å². The summed E-state index contributed by atoms with van der Waals surface area (Å²) in [5.74, 6) is 0. The van der Waals surface area contributed by atoms with Crippen LogP contribution in [0.5, 0.6) is 0 Å². The second-order valence-electron chi connectivity index (χ2n) is 5.01. The molecule has 2 aromatic heterocycles. The van der Waals surface area contributed by atoms with Gasteiger partial charge in [-0.2, -0.15) is 0 Å². The molecule has 0 radical (unpaired) electrons. The molecule has 2 aromatic carbocycles. The summed E-state index contributed by atoms with van der Waals surface area (Å²) in [6.07, 6.45) is 3.94. The Morgan fingerprint density at radius 3 is 2.43 bits per heavy atom. The molecule has 0 aliphatic rings. The first kappa shape index (κ1) is 11.9. The van der Waals surface area contributed by atoms with Crippen molar-refractivity contribution in [3.05, 3.63) is 85.2 Å². The van der Waals surface area contributed by atoms with E-state index in [-0.39, 0.29) is 0 Å². The standard InChI is InChI=1S/C19H14N2/c1-2-6-17(7-3-1)21-13-11-15-9-10-16(14-19(15)21)18-8-4-5-12-20-18/h1-14H. The summed E-state index contributed by atoms with van der Waals surface area (Å²) in [6, 6.07) is 25.0. The van der Waals surface area contributed by atoms with Gasteiger partial charge in [0.1, 0.15) is 0 Å². The zero-order chi connectivity index (χ0) is 14.1. The predicted molar refractivity (Wildman–Crippen MR) is 86.5 cm³/mol. The van der Waals surface area contributed by atoms with Gasteiger partial charge in [0.25, 0.3) is 0 Å². The van der Waals surface area contributed by atoms with E-state index in [1.54, 1.807) is 0 Å². The Balaban J connectivity index is 1.91. The van der Waals surface area contributed by atoms with Gasteiger partial charge in [0.05, 0.1) is 11.2 Å². The van der Waals surface area contributed by atoms with Crippen LogP contribution in [0.25, 0.3) is 27.8 Å². The van der Waals surface area contributed by atoms with E-state index in [0.29, 0.717) is 0 Å². The average molecular weight is 270 g/mol. The Hall–Kier alpha value is -2.87. The van der Waals surface area contributed by atoms with Crippen molar-refractivity contribution in [3.63, 3.8) is 0 Å². The van der Waals surface area contributed by atoms with Crippen molar-refractivity contribution in [1.29, 1.82) is 0 Å². The molecule has 2 heterocycles. The van der Waals surface area contributed by atoms with E-state index in [9.17, 15) is 0 Å². The smallest absolute Gasteiger partial charge is 0.0702 e. The lowest BCUT2D eigenvalue weighted by molar-refractivity contribution is 1.13. The van der Waals surface area contributed by atoms with Crippen molar-refractivity contribution >= 4 is 10.9 Å². The van der Waals surface area contributed by atoms with Crippen molar-refractivity contribution < 1.29 is 0 Å². The molecule has 0 saturated heterocycles. The minimum atomic E-state index is 1.00. The second kappa shape index (κ2) is 4.91. The molecule has 2 nitrogen and oxygen atoms in total. The lowest BCUT2D eigenvalue weighted by Crippen LogP contribution is -1.91. The fourth-order valence-corrected chi connectivity index (χ4v) is 2.63. The third-order valence-electron chi connectivity index (χ3n) is 3.69. The fraction of sp³-hybridized carbons (Fsp3) is 0. The third kappa shape index (κ3) is 2.11. The highest BCUT2D eigenvalue weighted by Gasteiger charge is 2.05. The monoisotopic (exact) mass is 270 g/mol. The van der Waals surface area contributed by atoms with E-state index < -0.39 is 0 Å². The molecule has 0 aliphatic heterocycles. The first-order valence-corrected chi connectivity index (χ1v) is 7.00. The number of nitrogens with zero attached hydrogens (tertiary/aromatic N) is 2. The van der Waals surface area contributed by atoms with Gasteiger partial charge in [-0.25, -0.2) is 0 Å². The molecular formula is C19H14N2. The van der Waals surface area contributed by atoms with Gasteiger partial charge in [-0.1, -0.05) is 36.4 Å². The highest BCUT2D eigenvalue weighted by molar-refractivity contribution is 5.86. The highest BCUT2D eigenvalue weighted by atomic mass is 15.0. The molecule has 0 atom stereocenters. The van der Waals surface area contributed by atoms with Gasteiger partial charge in [-0.05, 0) is 41.8 Å². The fourth-order valence-electron chi connectivity index (χ4n) is 2.63. The molecule has 4 rings (SSSR count). The Kier molecular flexibility index (Phi) is 2.79. The van der Waals surface area contributed by atoms with E-state index in [1.807, 2.05) is 30.5 Å². The number of rotatable bonds is 2. The number of hydrogen-bond donors (Lipinski definition) is 0. The number of benzene rings is 2. The molecule has 0 saturated carbocycles. The largest absolute Gasteiger partial charge is 0.317 e. The number of hydrogen-bond acceptors (Lipinski definition) is 1. The van der Waals surface area contributed by atoms with E-state index in [2.05, 4.69) is 64.3 Å². The summed E-state index contributed by atoms with van der Waals surface area (Å²) < 4.78 is 2.21. The number of pyridine rings is 1. The summed E-state index contributed by atoms with van der Waals surface area (Å²) in [5, 5.41) is 1.23. The predicted octanol–water partition coefficient (Wildman–Crippen LogP) is 4.69. The van der Waals surface area contributed by atoms with E-state index in [1.165, 1.54) is 16.6 Å². The highest BCUT2D eigenvalue weighted by Crippen LogP contribution is 2.25. The normalized spacial score (nSPS) is 10.9. The zero-order valence-electron chi connectivity index (χ0n) is 11.5. The molecule has 0 fully saturated rings. The van der Waals surface area contributed by atoms with E-state index in [4.69, 9.17) is 0 Å². The minimum absolute atomic E-state index is 1.00. The SMILES string of the molecule is c1ccc(-n2ccc3ccc(-c4ccccn4)cc32)cc1. The summed E-state index contributed by atoms with van der Waals surface area (Å²) in [6.45, 7) is 0. The Bertz CT molecular complexity index is 877. The van der Waals surface area contributed by atoms with Crippen LogP contribution >= 0.6 is 0 Å². The van der Waals surface area contributed by atoms with Crippen LogP contribution in [0.4, 0.5) is 0 Å². The van der Waals surface area contributed by atoms with Crippen LogP contribution < -0.4 is 0 Å². The lowest BCUT2D eigenvalue weighted by atomic mass is 10.1. The summed E-state index contributed by atoms with van der Waals surface area (Å²) >= 11 is 0. The summed E-state index contributed by atoms with van der Waals surface area (Å²) in [5.41, 5.74) is 4.51. The van der Waals surface area contributed by atoms with E-state index in [0.717, 1.165) is 11.3 Å². The van der Waals surface area contributed by atoms with Crippen LogP contribution in [0.15, 0.2) is 85.2 Å². The van der Waals surface area contributed by atoms with Gasteiger partial charge in [0.15, 0.2) is 0 Å². The molecule has 0 unspecified atom stereocenters. The first-order chi connectivity index (χ1) is 10.4. The number of fused-ring (bicyclic) bond motifs is 1. The average Bonchev–Trinajstić information content (AvgIpc) is 2.99. The maximum atomic E-state index is 4.43. The van der Waals surface area contributed by atoms with Crippen LogP contribution in [-0.2, 0) is 0 Å². The Morgan fingerprint density at radius 1 is 0.762 bits per heavy atom. The number of para-hydroxylation sites is 1. The van der Waals surface area contributed by atoms with Crippen molar-refractivity contribution in [2.75, 3.05) is 0 Å². The quantitative estimate of drug-likeness (QED) is 0.516. The summed E-state index contributed by atoms with van der Waals surface area (Å²) in [4.78, 5) is 4.43. The van der Waals surface area contributed by atoms with Gasteiger partial charge in [-0.15, -0.1) is 0 Å². The molecule has 4 aromatic rings. The van der Waals surface area contributed by atoms with Gasteiger partial charge < -0.3 is 4.57 Å². The molecule has 2 heteroatoms. The molecule has 0 amide bonds. The second-order valence-corrected chi connectivity index (χ2v) is 5.01. The van der Waals surface area contributed by atoms with Crippen molar-refractivity contribution in [1.82, 2.24) is 9.55 Å².